The summed E-state index contributed by atoms with van der Waals surface area (Å²) in [5.74, 6) is 0.596. The molecule has 0 spiro atoms. The predicted octanol–water partition coefficient (Wildman–Crippen LogP) is 3.73. The summed E-state index contributed by atoms with van der Waals surface area (Å²) in [6.07, 6.45) is 0. The first-order chi connectivity index (χ1) is 9.56. The topological polar surface area (TPSA) is 22.8 Å². The molecular formula is C16H16FN3. The van der Waals surface area contributed by atoms with E-state index in [0.29, 0.717) is 0 Å². The molecule has 3 rings (SSSR count). The van der Waals surface area contributed by atoms with E-state index in [2.05, 4.69) is 21.8 Å². The smallest absolute Gasteiger partial charge is 0.159 e. The molecule has 0 bridgehead atoms. The van der Waals surface area contributed by atoms with E-state index in [0.717, 1.165) is 28.6 Å². The van der Waals surface area contributed by atoms with E-state index >= 15 is 0 Å². The van der Waals surface area contributed by atoms with Crippen LogP contribution in [0.4, 0.5) is 4.39 Å². The van der Waals surface area contributed by atoms with E-state index < -0.39 is 0 Å². The van der Waals surface area contributed by atoms with Crippen molar-refractivity contribution in [2.24, 2.45) is 0 Å². The molecule has 3 aromatic rings. The van der Waals surface area contributed by atoms with Crippen molar-refractivity contribution in [3.63, 3.8) is 0 Å². The molecule has 0 aliphatic carbocycles. The lowest BCUT2D eigenvalue weighted by atomic mass is 10.3. The summed E-state index contributed by atoms with van der Waals surface area (Å²) in [4.78, 5) is 0. The minimum atomic E-state index is -0.257. The number of hydrogen-bond acceptors (Lipinski definition) is 1. The molecule has 0 radical (unpaired) electrons. The second-order valence-corrected chi connectivity index (χ2v) is 4.99. The Labute approximate surface area is 117 Å². The quantitative estimate of drug-likeness (QED) is 0.695. The fourth-order valence-electron chi connectivity index (χ4n) is 2.47. The minimum absolute atomic E-state index is 0.257. The molecule has 3 nitrogen and oxygen atoms in total. The fourth-order valence-corrected chi connectivity index (χ4v) is 2.47. The highest BCUT2D eigenvalue weighted by molar-refractivity contribution is 5.38. The van der Waals surface area contributed by atoms with Gasteiger partial charge in [0.1, 0.15) is 5.82 Å². The third-order valence-electron chi connectivity index (χ3n) is 3.43. The number of aromatic nitrogens is 3. The van der Waals surface area contributed by atoms with Crippen molar-refractivity contribution >= 4 is 0 Å². The van der Waals surface area contributed by atoms with Crippen LogP contribution in [-0.4, -0.2) is 14.3 Å². The first-order valence-electron chi connectivity index (χ1n) is 6.54. The van der Waals surface area contributed by atoms with Crippen LogP contribution < -0.4 is 0 Å². The van der Waals surface area contributed by atoms with Crippen LogP contribution in [0.2, 0.25) is 0 Å². The monoisotopic (exact) mass is 269 g/mol. The highest BCUT2D eigenvalue weighted by atomic mass is 19.1. The first-order valence-corrected chi connectivity index (χ1v) is 6.54. The summed E-state index contributed by atoms with van der Waals surface area (Å²) in [7, 11) is 0. The van der Waals surface area contributed by atoms with Crippen molar-refractivity contribution in [3.8, 4) is 11.5 Å². The second kappa shape index (κ2) is 4.63. The molecule has 2 heterocycles. The Kier molecular flexibility index (Phi) is 2.93. The summed E-state index contributed by atoms with van der Waals surface area (Å²) in [6, 6.07) is 12.6. The number of halogens is 1. The Morgan fingerprint density at radius 1 is 0.900 bits per heavy atom. The number of aryl methyl sites for hydroxylation is 3. The number of hydrogen-bond donors (Lipinski definition) is 0. The van der Waals surface area contributed by atoms with E-state index in [-0.39, 0.29) is 5.82 Å². The molecule has 1 aromatic carbocycles. The van der Waals surface area contributed by atoms with Crippen molar-refractivity contribution in [2.75, 3.05) is 0 Å². The van der Waals surface area contributed by atoms with Crippen molar-refractivity contribution < 1.29 is 4.39 Å². The van der Waals surface area contributed by atoms with Gasteiger partial charge in [-0.1, -0.05) is 6.07 Å². The normalized spacial score (nSPS) is 11.0. The summed E-state index contributed by atoms with van der Waals surface area (Å²) < 4.78 is 17.2. The second-order valence-electron chi connectivity index (χ2n) is 4.99. The van der Waals surface area contributed by atoms with Gasteiger partial charge in [0.05, 0.1) is 5.69 Å². The molecule has 0 saturated carbocycles. The molecule has 0 aliphatic heterocycles. The SMILES string of the molecule is Cc1cc(-n2c(C)ccc2C)nn1-c1cccc(F)c1. The maximum absolute atomic E-state index is 13.3. The summed E-state index contributed by atoms with van der Waals surface area (Å²) in [5, 5.41) is 4.60. The summed E-state index contributed by atoms with van der Waals surface area (Å²) in [6.45, 7) is 6.06. The van der Waals surface area contributed by atoms with Crippen molar-refractivity contribution in [1.29, 1.82) is 0 Å². The Balaban J connectivity index is 2.13. The number of nitrogens with zero attached hydrogens (tertiary/aromatic N) is 3. The zero-order valence-electron chi connectivity index (χ0n) is 11.8. The van der Waals surface area contributed by atoms with E-state index in [4.69, 9.17) is 0 Å². The van der Waals surface area contributed by atoms with Gasteiger partial charge in [0.2, 0.25) is 0 Å². The van der Waals surface area contributed by atoms with E-state index in [1.807, 2.05) is 32.9 Å². The highest BCUT2D eigenvalue weighted by Crippen LogP contribution is 2.19. The number of benzene rings is 1. The zero-order valence-corrected chi connectivity index (χ0v) is 11.8. The van der Waals surface area contributed by atoms with Gasteiger partial charge < -0.3 is 4.57 Å². The van der Waals surface area contributed by atoms with Gasteiger partial charge in [0.15, 0.2) is 5.82 Å². The molecule has 0 fully saturated rings. The molecule has 20 heavy (non-hydrogen) atoms. The Hall–Kier alpha value is -2.36. The molecule has 102 valence electrons. The largest absolute Gasteiger partial charge is 0.302 e. The molecule has 0 N–H and O–H groups in total. The van der Waals surface area contributed by atoms with E-state index in [1.54, 1.807) is 10.7 Å². The maximum Gasteiger partial charge on any atom is 0.159 e. The van der Waals surface area contributed by atoms with Gasteiger partial charge in [0.25, 0.3) is 0 Å². The molecule has 0 saturated heterocycles. The molecular weight excluding hydrogens is 253 g/mol. The highest BCUT2D eigenvalue weighted by Gasteiger charge is 2.11. The lowest BCUT2D eigenvalue weighted by molar-refractivity contribution is 0.625. The molecule has 0 aliphatic rings. The van der Waals surface area contributed by atoms with Crippen LogP contribution in [0.5, 0.6) is 0 Å². The summed E-state index contributed by atoms with van der Waals surface area (Å²) in [5.41, 5.74) is 3.96. The third-order valence-corrected chi connectivity index (χ3v) is 3.43. The molecule has 4 heteroatoms. The van der Waals surface area contributed by atoms with Gasteiger partial charge in [-0.15, -0.1) is 5.10 Å². The van der Waals surface area contributed by atoms with Crippen LogP contribution in [0, 0.1) is 26.6 Å². The Morgan fingerprint density at radius 3 is 2.25 bits per heavy atom. The van der Waals surface area contributed by atoms with Gasteiger partial charge in [0, 0.05) is 23.1 Å². The van der Waals surface area contributed by atoms with Crippen molar-refractivity contribution in [3.05, 3.63) is 65.4 Å². The number of rotatable bonds is 2. The average Bonchev–Trinajstić information content (AvgIpc) is 2.93. The van der Waals surface area contributed by atoms with Crippen LogP contribution in [0.3, 0.4) is 0 Å². The minimum Gasteiger partial charge on any atom is -0.302 e. The maximum atomic E-state index is 13.3. The first kappa shape index (κ1) is 12.7. The zero-order chi connectivity index (χ0) is 14.3. The van der Waals surface area contributed by atoms with Gasteiger partial charge >= 0.3 is 0 Å². The standard InChI is InChI=1S/C16H16FN3/c1-11-7-8-12(2)19(11)16-9-13(3)20(18-16)15-6-4-5-14(17)10-15/h4-10H,1-3H3. The molecule has 0 amide bonds. The Bertz CT molecular complexity index is 748. The van der Waals surface area contributed by atoms with Gasteiger partial charge in [-0.25, -0.2) is 9.07 Å². The van der Waals surface area contributed by atoms with Gasteiger partial charge in [-0.2, -0.15) is 0 Å². The van der Waals surface area contributed by atoms with E-state index in [9.17, 15) is 4.39 Å². The lowest BCUT2D eigenvalue weighted by Crippen LogP contribution is -2.03. The fraction of sp³-hybridized carbons (Fsp3) is 0.188. The van der Waals surface area contributed by atoms with Gasteiger partial charge in [-0.3, -0.25) is 0 Å². The Morgan fingerprint density at radius 2 is 1.60 bits per heavy atom. The van der Waals surface area contributed by atoms with Crippen LogP contribution in [0.1, 0.15) is 17.1 Å². The summed E-state index contributed by atoms with van der Waals surface area (Å²) >= 11 is 0. The van der Waals surface area contributed by atoms with Crippen LogP contribution in [-0.2, 0) is 0 Å². The van der Waals surface area contributed by atoms with Crippen LogP contribution in [0.15, 0.2) is 42.5 Å². The van der Waals surface area contributed by atoms with Crippen molar-refractivity contribution in [1.82, 2.24) is 14.3 Å². The van der Waals surface area contributed by atoms with Crippen LogP contribution in [0.25, 0.3) is 11.5 Å². The predicted molar refractivity (Wildman–Crippen MR) is 77.1 cm³/mol. The van der Waals surface area contributed by atoms with Gasteiger partial charge in [-0.05, 0) is 51.1 Å². The lowest BCUT2D eigenvalue weighted by Gasteiger charge is -2.06. The third kappa shape index (κ3) is 2.03. The molecule has 0 unspecified atom stereocenters. The molecule has 2 aromatic heterocycles. The van der Waals surface area contributed by atoms with Crippen LogP contribution >= 0.6 is 0 Å². The van der Waals surface area contributed by atoms with Crippen molar-refractivity contribution in [2.45, 2.75) is 20.8 Å². The molecule has 0 atom stereocenters. The average molecular weight is 269 g/mol. The van der Waals surface area contributed by atoms with E-state index in [1.165, 1.54) is 12.1 Å².